The van der Waals surface area contributed by atoms with Gasteiger partial charge in [-0.2, -0.15) is 0 Å². The number of aryl methyl sites for hydroxylation is 1. The highest BCUT2D eigenvalue weighted by Crippen LogP contribution is 2.32. The largest absolute Gasteiger partial charge is 0.370 e. The van der Waals surface area contributed by atoms with Gasteiger partial charge in [0.25, 0.3) is 0 Å². The Morgan fingerprint density at radius 2 is 1.86 bits per heavy atom. The van der Waals surface area contributed by atoms with Crippen molar-refractivity contribution in [3.05, 3.63) is 40.1 Å². The predicted octanol–water partition coefficient (Wildman–Crippen LogP) is 5.08. The Morgan fingerprint density at radius 1 is 1.14 bits per heavy atom. The van der Waals surface area contributed by atoms with Crippen LogP contribution >= 0.6 is 27.7 Å². The monoisotopic (exact) mass is 365 g/mol. The summed E-state index contributed by atoms with van der Waals surface area (Å²) in [6, 6.07) is 8.30. The van der Waals surface area contributed by atoms with Gasteiger partial charge in [0, 0.05) is 27.9 Å². The molecule has 0 aliphatic carbocycles. The van der Waals surface area contributed by atoms with Gasteiger partial charge >= 0.3 is 0 Å². The molecule has 0 unspecified atom stereocenters. The molecule has 21 heavy (non-hydrogen) atoms. The fourth-order valence-electron chi connectivity index (χ4n) is 1.83. The number of anilines is 1. The summed E-state index contributed by atoms with van der Waals surface area (Å²) in [5.41, 5.74) is 1.12. The smallest absolute Gasteiger partial charge is 0.133 e. The number of hydrogen-bond acceptors (Lipinski definition) is 4. The second-order valence-electron chi connectivity index (χ2n) is 4.75. The van der Waals surface area contributed by atoms with E-state index in [2.05, 4.69) is 76.3 Å². The number of nitrogens with zero attached hydrogens (tertiary/aromatic N) is 2. The van der Waals surface area contributed by atoms with E-state index in [1.54, 1.807) is 11.8 Å². The van der Waals surface area contributed by atoms with E-state index in [0.717, 1.165) is 46.1 Å². The fourth-order valence-corrected chi connectivity index (χ4v) is 2.99. The summed E-state index contributed by atoms with van der Waals surface area (Å²) in [5.74, 6) is 1.85. The molecule has 0 spiro atoms. The molecule has 2 rings (SSSR count). The standard InChI is InChI=1S/C16H20BrN3S/c1-4-10-18-15-11(3)16(20-14(5-2)19-15)21-13-8-6-12(17)7-9-13/h6-9H,4-5,10H2,1-3H3,(H,18,19,20). The maximum Gasteiger partial charge on any atom is 0.133 e. The second kappa shape index (κ2) is 7.80. The first kappa shape index (κ1) is 16.3. The summed E-state index contributed by atoms with van der Waals surface area (Å²) >= 11 is 5.15. The Kier molecular flexibility index (Phi) is 6.06. The zero-order valence-electron chi connectivity index (χ0n) is 12.6. The minimum absolute atomic E-state index is 0.842. The van der Waals surface area contributed by atoms with Crippen molar-refractivity contribution >= 4 is 33.5 Å². The van der Waals surface area contributed by atoms with Gasteiger partial charge in [0.15, 0.2) is 0 Å². The molecule has 0 aliphatic heterocycles. The van der Waals surface area contributed by atoms with Gasteiger partial charge in [-0.05, 0) is 37.6 Å². The number of benzene rings is 1. The van der Waals surface area contributed by atoms with Crippen LogP contribution in [0.25, 0.3) is 0 Å². The summed E-state index contributed by atoms with van der Waals surface area (Å²) in [7, 11) is 0. The third kappa shape index (κ3) is 4.45. The number of hydrogen-bond donors (Lipinski definition) is 1. The highest BCUT2D eigenvalue weighted by molar-refractivity contribution is 9.10. The molecule has 1 heterocycles. The van der Waals surface area contributed by atoms with Crippen LogP contribution in [0.15, 0.2) is 38.7 Å². The molecule has 0 saturated carbocycles. The lowest BCUT2D eigenvalue weighted by Crippen LogP contribution is -2.08. The maximum absolute atomic E-state index is 4.68. The van der Waals surface area contributed by atoms with Gasteiger partial charge in [0.2, 0.25) is 0 Å². The van der Waals surface area contributed by atoms with Crippen LogP contribution in [0.2, 0.25) is 0 Å². The topological polar surface area (TPSA) is 37.8 Å². The Balaban J connectivity index is 2.30. The Morgan fingerprint density at radius 3 is 2.48 bits per heavy atom. The van der Waals surface area contributed by atoms with E-state index in [4.69, 9.17) is 0 Å². The molecule has 5 heteroatoms. The van der Waals surface area contributed by atoms with E-state index in [1.807, 2.05) is 0 Å². The van der Waals surface area contributed by atoms with E-state index in [-0.39, 0.29) is 0 Å². The summed E-state index contributed by atoms with van der Waals surface area (Å²) in [4.78, 5) is 10.5. The Bertz CT molecular complexity index is 599. The van der Waals surface area contributed by atoms with Gasteiger partial charge in [-0.15, -0.1) is 0 Å². The molecule has 0 atom stereocenters. The van der Waals surface area contributed by atoms with Crippen LogP contribution in [0.1, 0.15) is 31.7 Å². The summed E-state index contributed by atoms with van der Waals surface area (Å²) in [5, 5.41) is 4.43. The molecule has 0 radical (unpaired) electrons. The highest BCUT2D eigenvalue weighted by atomic mass is 79.9. The average Bonchev–Trinajstić information content (AvgIpc) is 2.50. The van der Waals surface area contributed by atoms with Crippen LogP contribution < -0.4 is 5.32 Å². The highest BCUT2D eigenvalue weighted by Gasteiger charge is 2.11. The normalized spacial score (nSPS) is 10.7. The molecule has 0 amide bonds. The summed E-state index contributed by atoms with van der Waals surface area (Å²) in [6.45, 7) is 7.26. The van der Waals surface area contributed by atoms with E-state index in [1.165, 1.54) is 4.90 Å². The molecule has 3 nitrogen and oxygen atoms in total. The van der Waals surface area contributed by atoms with Crippen LogP contribution in [0.3, 0.4) is 0 Å². The molecule has 0 fully saturated rings. The van der Waals surface area contributed by atoms with Crippen LogP contribution in [0.4, 0.5) is 5.82 Å². The third-order valence-corrected chi connectivity index (χ3v) is 4.66. The lowest BCUT2D eigenvalue weighted by Gasteiger charge is -2.13. The predicted molar refractivity (Wildman–Crippen MR) is 93.2 cm³/mol. The molecule has 0 bridgehead atoms. The van der Waals surface area contributed by atoms with E-state index < -0.39 is 0 Å². The maximum atomic E-state index is 4.68. The van der Waals surface area contributed by atoms with Crippen LogP contribution in [0.5, 0.6) is 0 Å². The zero-order chi connectivity index (χ0) is 15.2. The van der Waals surface area contributed by atoms with Crippen molar-refractivity contribution in [2.45, 2.75) is 43.5 Å². The molecule has 112 valence electrons. The van der Waals surface area contributed by atoms with Crippen molar-refractivity contribution < 1.29 is 0 Å². The molecular formula is C16H20BrN3S. The van der Waals surface area contributed by atoms with Crippen LogP contribution in [0, 0.1) is 6.92 Å². The van der Waals surface area contributed by atoms with Crippen molar-refractivity contribution in [3.63, 3.8) is 0 Å². The first-order chi connectivity index (χ1) is 10.1. The van der Waals surface area contributed by atoms with E-state index in [9.17, 15) is 0 Å². The van der Waals surface area contributed by atoms with Crippen molar-refractivity contribution in [2.75, 3.05) is 11.9 Å². The lowest BCUT2D eigenvalue weighted by molar-refractivity contribution is 0.861. The van der Waals surface area contributed by atoms with Gasteiger partial charge in [-0.25, -0.2) is 9.97 Å². The van der Waals surface area contributed by atoms with Crippen LogP contribution in [-0.2, 0) is 6.42 Å². The Labute approximate surface area is 139 Å². The van der Waals surface area contributed by atoms with Gasteiger partial charge < -0.3 is 5.32 Å². The lowest BCUT2D eigenvalue weighted by atomic mass is 10.3. The van der Waals surface area contributed by atoms with Crippen molar-refractivity contribution in [2.24, 2.45) is 0 Å². The van der Waals surface area contributed by atoms with E-state index in [0.29, 0.717) is 0 Å². The fraction of sp³-hybridized carbons (Fsp3) is 0.375. The summed E-state index contributed by atoms with van der Waals surface area (Å²) in [6.07, 6.45) is 1.93. The molecular weight excluding hydrogens is 346 g/mol. The minimum atomic E-state index is 0.842. The van der Waals surface area contributed by atoms with Crippen molar-refractivity contribution in [3.8, 4) is 0 Å². The molecule has 1 aromatic heterocycles. The molecule has 2 aromatic rings. The molecule has 1 N–H and O–H groups in total. The van der Waals surface area contributed by atoms with Crippen molar-refractivity contribution in [1.82, 2.24) is 9.97 Å². The number of rotatable bonds is 6. The molecule has 0 aliphatic rings. The second-order valence-corrected chi connectivity index (χ2v) is 6.73. The van der Waals surface area contributed by atoms with Crippen molar-refractivity contribution in [1.29, 1.82) is 0 Å². The first-order valence-corrected chi connectivity index (χ1v) is 8.79. The van der Waals surface area contributed by atoms with Gasteiger partial charge in [0.05, 0.1) is 0 Å². The number of aromatic nitrogens is 2. The van der Waals surface area contributed by atoms with Gasteiger partial charge in [-0.3, -0.25) is 0 Å². The third-order valence-electron chi connectivity index (χ3n) is 3.03. The average molecular weight is 366 g/mol. The van der Waals surface area contributed by atoms with Gasteiger partial charge in [-0.1, -0.05) is 41.5 Å². The van der Waals surface area contributed by atoms with E-state index >= 15 is 0 Å². The Hall–Kier alpha value is -1.07. The number of nitrogens with one attached hydrogen (secondary N) is 1. The van der Waals surface area contributed by atoms with Gasteiger partial charge in [0.1, 0.15) is 16.7 Å². The zero-order valence-corrected chi connectivity index (χ0v) is 15.0. The minimum Gasteiger partial charge on any atom is -0.370 e. The van der Waals surface area contributed by atoms with Crippen LogP contribution in [-0.4, -0.2) is 16.5 Å². The molecule has 0 saturated heterocycles. The molecule has 1 aromatic carbocycles. The number of halogens is 1. The summed E-state index contributed by atoms with van der Waals surface area (Å²) < 4.78 is 1.09. The SMILES string of the molecule is CCCNc1nc(CC)nc(Sc2ccc(Br)cc2)c1C. The quantitative estimate of drug-likeness (QED) is 0.724. The first-order valence-electron chi connectivity index (χ1n) is 7.18.